The van der Waals surface area contributed by atoms with E-state index < -0.39 is 11.9 Å². The zero-order valence-corrected chi connectivity index (χ0v) is 17.3. The molecule has 2 aromatic carbocycles. The number of hydrogen-bond acceptors (Lipinski definition) is 7. The lowest BCUT2D eigenvalue weighted by molar-refractivity contribution is -0.132. The van der Waals surface area contributed by atoms with E-state index in [0.29, 0.717) is 22.8 Å². The van der Waals surface area contributed by atoms with Crippen molar-refractivity contribution in [2.45, 2.75) is 0 Å². The van der Waals surface area contributed by atoms with Crippen molar-refractivity contribution in [3.8, 4) is 28.7 Å². The maximum atomic E-state index is 12.7. The molecule has 0 saturated carbocycles. The summed E-state index contributed by atoms with van der Waals surface area (Å²) in [6, 6.07) is 7.71. The molecule has 2 aromatic rings. The Morgan fingerprint density at radius 1 is 0.833 bits per heavy atom. The summed E-state index contributed by atoms with van der Waals surface area (Å²) in [5.41, 5.74) is 0.219. The second-order valence-corrected chi connectivity index (χ2v) is 5.84. The lowest BCUT2D eigenvalue weighted by Gasteiger charge is -2.14. The van der Waals surface area contributed by atoms with E-state index in [-0.39, 0.29) is 22.8 Å². The first-order chi connectivity index (χ1) is 14.4. The topological polar surface area (TPSA) is 113 Å². The van der Waals surface area contributed by atoms with E-state index in [4.69, 9.17) is 23.7 Å². The number of rotatable bonds is 9. The molecule has 0 saturated heterocycles. The third-order valence-corrected chi connectivity index (χ3v) is 4.15. The van der Waals surface area contributed by atoms with E-state index in [0.717, 1.165) is 0 Å². The third kappa shape index (κ3) is 4.93. The van der Waals surface area contributed by atoms with Crippen molar-refractivity contribution < 1.29 is 38.4 Å². The number of ether oxygens (including phenoxy) is 5. The molecule has 0 aromatic heterocycles. The van der Waals surface area contributed by atoms with Gasteiger partial charge in [0.25, 0.3) is 5.91 Å². The largest absolute Gasteiger partial charge is 0.497 e. The van der Waals surface area contributed by atoms with Crippen LogP contribution in [0.3, 0.4) is 0 Å². The summed E-state index contributed by atoms with van der Waals surface area (Å²) in [6.45, 7) is 0. The molecule has 0 heterocycles. The molecule has 0 radical (unpaired) electrons. The zero-order chi connectivity index (χ0) is 22.3. The van der Waals surface area contributed by atoms with Crippen molar-refractivity contribution in [1.29, 1.82) is 0 Å². The first kappa shape index (κ1) is 22.4. The van der Waals surface area contributed by atoms with Gasteiger partial charge in [0.05, 0.1) is 35.5 Å². The van der Waals surface area contributed by atoms with Crippen LogP contribution in [-0.2, 0) is 4.79 Å². The van der Waals surface area contributed by atoms with Crippen molar-refractivity contribution in [1.82, 2.24) is 5.32 Å². The molecule has 160 valence electrons. The molecule has 0 aliphatic rings. The maximum Gasteiger partial charge on any atom is 0.352 e. The van der Waals surface area contributed by atoms with Gasteiger partial charge in [-0.1, -0.05) is 0 Å². The predicted octanol–water partition coefficient (Wildman–Crippen LogP) is 2.59. The molecule has 2 N–H and O–H groups in total. The zero-order valence-electron chi connectivity index (χ0n) is 17.3. The van der Waals surface area contributed by atoms with Gasteiger partial charge in [-0.15, -0.1) is 0 Å². The minimum Gasteiger partial charge on any atom is -0.497 e. The van der Waals surface area contributed by atoms with E-state index in [2.05, 4.69) is 5.32 Å². The Labute approximate surface area is 173 Å². The fourth-order valence-electron chi connectivity index (χ4n) is 2.65. The summed E-state index contributed by atoms with van der Waals surface area (Å²) in [5, 5.41) is 11.9. The Morgan fingerprint density at radius 2 is 1.43 bits per heavy atom. The number of carboxylic acid groups (broad SMARTS) is 1. The van der Waals surface area contributed by atoms with Gasteiger partial charge in [0, 0.05) is 17.2 Å². The summed E-state index contributed by atoms with van der Waals surface area (Å²) in [5.74, 6) is -0.227. The molecule has 9 heteroatoms. The molecule has 0 unspecified atom stereocenters. The Bertz CT molecular complexity index is 942. The normalized spacial score (nSPS) is 10.8. The highest BCUT2D eigenvalue weighted by Gasteiger charge is 2.20. The summed E-state index contributed by atoms with van der Waals surface area (Å²) < 4.78 is 26.1. The van der Waals surface area contributed by atoms with Crippen LogP contribution in [0.25, 0.3) is 6.08 Å². The first-order valence-electron chi connectivity index (χ1n) is 8.66. The van der Waals surface area contributed by atoms with Gasteiger partial charge in [0.2, 0.25) is 5.75 Å². The molecule has 30 heavy (non-hydrogen) atoms. The number of benzene rings is 2. The van der Waals surface area contributed by atoms with Gasteiger partial charge in [0.15, 0.2) is 11.5 Å². The predicted molar refractivity (Wildman–Crippen MR) is 109 cm³/mol. The Morgan fingerprint density at radius 3 is 1.90 bits per heavy atom. The highest BCUT2D eigenvalue weighted by molar-refractivity contribution is 6.03. The van der Waals surface area contributed by atoms with Gasteiger partial charge in [-0.3, -0.25) is 4.79 Å². The van der Waals surface area contributed by atoms with Crippen LogP contribution in [0.5, 0.6) is 28.7 Å². The van der Waals surface area contributed by atoms with Crippen LogP contribution < -0.4 is 29.0 Å². The Hall–Kier alpha value is -3.88. The fourth-order valence-corrected chi connectivity index (χ4v) is 2.65. The van der Waals surface area contributed by atoms with Crippen molar-refractivity contribution in [3.05, 3.63) is 47.2 Å². The standard InChI is InChI=1S/C21H23NO8/c1-26-14-7-6-12(16(11-14)27-2)8-15(21(24)25)22-20(23)13-9-17(28-3)19(30-5)18(10-13)29-4/h6-11H,1-5H3,(H,22,23)(H,24,25). The van der Waals surface area contributed by atoms with Crippen LogP contribution in [0.4, 0.5) is 0 Å². The van der Waals surface area contributed by atoms with Crippen molar-refractivity contribution >= 4 is 18.0 Å². The number of amides is 1. The molecule has 0 bridgehead atoms. The number of carbonyl (C=O) groups is 2. The first-order valence-corrected chi connectivity index (χ1v) is 8.66. The monoisotopic (exact) mass is 417 g/mol. The number of carbonyl (C=O) groups excluding carboxylic acids is 1. The summed E-state index contributed by atoms with van der Waals surface area (Å²) in [7, 11) is 7.22. The number of methoxy groups -OCH3 is 5. The number of carboxylic acids is 1. The molecule has 0 aliphatic heterocycles. The van der Waals surface area contributed by atoms with E-state index in [1.54, 1.807) is 18.2 Å². The number of aliphatic carboxylic acids is 1. The van der Waals surface area contributed by atoms with E-state index in [9.17, 15) is 14.7 Å². The second-order valence-electron chi connectivity index (χ2n) is 5.84. The molecule has 9 nitrogen and oxygen atoms in total. The quantitative estimate of drug-likeness (QED) is 0.599. The van der Waals surface area contributed by atoms with Gasteiger partial charge in [-0.2, -0.15) is 0 Å². The van der Waals surface area contributed by atoms with E-state index in [1.807, 2.05) is 0 Å². The fraction of sp³-hybridized carbons (Fsp3) is 0.238. The van der Waals surface area contributed by atoms with Gasteiger partial charge in [-0.05, 0) is 30.3 Å². The Balaban J connectivity index is 2.42. The van der Waals surface area contributed by atoms with E-state index in [1.165, 1.54) is 53.8 Å². The Kier molecular flexibility index (Phi) is 7.51. The third-order valence-electron chi connectivity index (χ3n) is 4.15. The molecular weight excluding hydrogens is 394 g/mol. The van der Waals surface area contributed by atoms with E-state index >= 15 is 0 Å². The van der Waals surface area contributed by atoms with Crippen molar-refractivity contribution in [3.63, 3.8) is 0 Å². The summed E-state index contributed by atoms with van der Waals surface area (Å²) >= 11 is 0. The van der Waals surface area contributed by atoms with Crippen LogP contribution in [0.2, 0.25) is 0 Å². The highest BCUT2D eigenvalue weighted by atomic mass is 16.5. The van der Waals surface area contributed by atoms with Gasteiger partial charge in [0.1, 0.15) is 17.2 Å². The molecule has 0 fully saturated rings. The molecule has 2 rings (SSSR count). The summed E-state index contributed by atoms with van der Waals surface area (Å²) in [4.78, 5) is 24.4. The highest BCUT2D eigenvalue weighted by Crippen LogP contribution is 2.38. The average Bonchev–Trinajstić information content (AvgIpc) is 2.77. The van der Waals surface area contributed by atoms with Crippen LogP contribution in [0.1, 0.15) is 15.9 Å². The molecule has 0 atom stereocenters. The summed E-state index contributed by atoms with van der Waals surface area (Å²) in [6.07, 6.45) is 1.29. The minimum atomic E-state index is -1.33. The molecular formula is C21H23NO8. The lowest BCUT2D eigenvalue weighted by atomic mass is 10.1. The smallest absolute Gasteiger partial charge is 0.352 e. The molecule has 0 spiro atoms. The van der Waals surface area contributed by atoms with Crippen LogP contribution in [0, 0.1) is 0 Å². The van der Waals surface area contributed by atoms with Gasteiger partial charge >= 0.3 is 5.97 Å². The maximum absolute atomic E-state index is 12.7. The van der Waals surface area contributed by atoms with Crippen molar-refractivity contribution in [2.24, 2.45) is 0 Å². The van der Waals surface area contributed by atoms with Gasteiger partial charge < -0.3 is 34.1 Å². The van der Waals surface area contributed by atoms with Crippen LogP contribution >= 0.6 is 0 Å². The van der Waals surface area contributed by atoms with Gasteiger partial charge in [-0.25, -0.2) is 4.79 Å². The van der Waals surface area contributed by atoms with Crippen molar-refractivity contribution in [2.75, 3.05) is 35.5 Å². The number of hydrogen-bond donors (Lipinski definition) is 2. The SMILES string of the molecule is COc1ccc(C=C(NC(=O)c2cc(OC)c(OC)c(OC)c2)C(=O)O)c(OC)c1. The second kappa shape index (κ2) is 10.1. The number of nitrogens with one attached hydrogen (secondary N) is 1. The lowest BCUT2D eigenvalue weighted by Crippen LogP contribution is -2.27. The van der Waals surface area contributed by atoms with Crippen LogP contribution in [0.15, 0.2) is 36.0 Å². The molecule has 1 amide bonds. The average molecular weight is 417 g/mol. The molecule has 0 aliphatic carbocycles. The minimum absolute atomic E-state index is 0.123. The van der Waals surface area contributed by atoms with Crippen LogP contribution in [-0.4, -0.2) is 52.5 Å².